The summed E-state index contributed by atoms with van der Waals surface area (Å²) in [5, 5.41) is 11.5. The number of methoxy groups -OCH3 is 1. The molecular formula is C30H33N3O5S. The van der Waals surface area contributed by atoms with E-state index in [2.05, 4.69) is 9.97 Å². The molecule has 1 atom stereocenters. The van der Waals surface area contributed by atoms with Gasteiger partial charge in [0.25, 0.3) is 5.56 Å². The summed E-state index contributed by atoms with van der Waals surface area (Å²) in [6.45, 7) is 6.09. The number of sulfone groups is 1. The van der Waals surface area contributed by atoms with Crippen LogP contribution in [0, 0.1) is 12.8 Å². The second-order valence-electron chi connectivity index (χ2n) is 9.83. The van der Waals surface area contributed by atoms with E-state index in [1.54, 1.807) is 18.3 Å². The molecule has 8 nitrogen and oxygen atoms in total. The normalized spacial score (nSPS) is 12.5. The smallest absolute Gasteiger partial charge is 0.296 e. The molecular weight excluding hydrogens is 514 g/mol. The number of aryl methyl sites for hydroxylation is 2. The zero-order valence-corrected chi connectivity index (χ0v) is 23.4. The molecule has 0 bridgehead atoms. The van der Waals surface area contributed by atoms with Crippen molar-refractivity contribution in [2.24, 2.45) is 5.92 Å². The monoisotopic (exact) mass is 547 g/mol. The maximum absolute atomic E-state index is 13.8. The second-order valence-corrected chi connectivity index (χ2v) is 11.7. The maximum atomic E-state index is 13.8. The van der Waals surface area contributed by atoms with E-state index in [-0.39, 0.29) is 11.5 Å². The first-order valence-electron chi connectivity index (χ1n) is 12.8. The van der Waals surface area contributed by atoms with Crippen LogP contribution in [-0.2, 0) is 21.0 Å². The Morgan fingerprint density at radius 2 is 1.69 bits per heavy atom. The number of ether oxygens (including phenoxy) is 1. The first kappa shape index (κ1) is 28.2. The fourth-order valence-electron chi connectivity index (χ4n) is 4.58. The molecule has 0 aliphatic rings. The molecule has 39 heavy (non-hydrogen) atoms. The van der Waals surface area contributed by atoms with Gasteiger partial charge >= 0.3 is 0 Å². The molecule has 4 rings (SSSR count). The Morgan fingerprint density at radius 3 is 2.31 bits per heavy atom. The lowest BCUT2D eigenvalue weighted by molar-refractivity contribution is 0.161. The van der Waals surface area contributed by atoms with Crippen molar-refractivity contribution < 1.29 is 18.3 Å². The zero-order chi connectivity index (χ0) is 28.2. The number of hydrogen-bond donors (Lipinski definition) is 1. The van der Waals surface area contributed by atoms with Crippen LogP contribution in [0.15, 0.2) is 87.5 Å². The lowest BCUT2D eigenvalue weighted by atomic mass is 10.0. The van der Waals surface area contributed by atoms with Crippen molar-refractivity contribution in [3.63, 3.8) is 0 Å². The molecule has 9 heteroatoms. The molecule has 0 aliphatic carbocycles. The Labute approximate surface area is 228 Å². The summed E-state index contributed by atoms with van der Waals surface area (Å²) in [6, 6.07) is 18.6. The van der Waals surface area contributed by atoms with Crippen LogP contribution in [-0.4, -0.2) is 41.8 Å². The largest absolute Gasteiger partial charge is 0.493 e. The highest BCUT2D eigenvalue weighted by atomic mass is 32.2. The summed E-state index contributed by atoms with van der Waals surface area (Å²) in [6.07, 6.45) is 2.77. The van der Waals surface area contributed by atoms with Crippen LogP contribution in [0.5, 0.6) is 5.88 Å². The number of rotatable bonds is 10. The Hall–Kier alpha value is -3.82. The minimum atomic E-state index is -4.41. The van der Waals surface area contributed by atoms with E-state index in [0.717, 1.165) is 22.4 Å². The molecule has 0 radical (unpaired) electrons. The third-order valence-corrected chi connectivity index (χ3v) is 8.44. The number of pyridine rings is 1. The van der Waals surface area contributed by atoms with Crippen molar-refractivity contribution in [2.45, 2.75) is 49.4 Å². The van der Waals surface area contributed by atoms with Gasteiger partial charge in [0, 0.05) is 31.0 Å². The third kappa shape index (κ3) is 5.94. The van der Waals surface area contributed by atoms with Crippen molar-refractivity contribution >= 4 is 9.84 Å². The minimum Gasteiger partial charge on any atom is -0.493 e. The van der Waals surface area contributed by atoms with Gasteiger partial charge in [0.2, 0.25) is 15.7 Å². The number of aromatic nitrogens is 3. The number of aromatic hydroxyl groups is 1. The summed E-state index contributed by atoms with van der Waals surface area (Å²) in [5.74, 6) is -0.0363. The fourth-order valence-corrected chi connectivity index (χ4v) is 5.92. The summed E-state index contributed by atoms with van der Waals surface area (Å²) < 4.78 is 34.5. The van der Waals surface area contributed by atoms with Gasteiger partial charge in [-0.2, -0.15) is 4.98 Å². The topological polar surface area (TPSA) is 111 Å². The van der Waals surface area contributed by atoms with Gasteiger partial charge in [-0.1, -0.05) is 62.4 Å². The van der Waals surface area contributed by atoms with E-state index in [9.17, 15) is 18.3 Å². The van der Waals surface area contributed by atoms with E-state index >= 15 is 0 Å². The van der Waals surface area contributed by atoms with Gasteiger partial charge in [-0.15, -0.1) is 0 Å². The van der Waals surface area contributed by atoms with Gasteiger partial charge in [-0.25, -0.2) is 8.42 Å². The highest BCUT2D eigenvalue weighted by Crippen LogP contribution is 2.33. The Balaban J connectivity index is 1.88. The molecule has 0 spiro atoms. The van der Waals surface area contributed by atoms with Crippen LogP contribution in [0.4, 0.5) is 0 Å². The highest BCUT2D eigenvalue weighted by Gasteiger charge is 2.32. The molecule has 0 fully saturated rings. The van der Waals surface area contributed by atoms with E-state index < -0.39 is 32.2 Å². The van der Waals surface area contributed by atoms with Crippen LogP contribution in [0.2, 0.25) is 0 Å². The van der Waals surface area contributed by atoms with Crippen LogP contribution in [0.3, 0.4) is 0 Å². The molecule has 0 saturated heterocycles. The average Bonchev–Trinajstić information content (AvgIpc) is 2.91. The quantitative estimate of drug-likeness (QED) is 0.298. The van der Waals surface area contributed by atoms with Gasteiger partial charge in [0.05, 0.1) is 17.5 Å². The number of hydrogen-bond acceptors (Lipinski definition) is 7. The van der Waals surface area contributed by atoms with Crippen LogP contribution >= 0.6 is 0 Å². The predicted octanol–water partition coefficient (Wildman–Crippen LogP) is 4.98. The number of benzene rings is 2. The van der Waals surface area contributed by atoms with E-state index in [1.807, 2.05) is 63.2 Å². The Morgan fingerprint density at radius 1 is 1.00 bits per heavy atom. The van der Waals surface area contributed by atoms with Gasteiger partial charge in [0.15, 0.2) is 4.90 Å². The molecule has 0 unspecified atom stereocenters. The van der Waals surface area contributed by atoms with Gasteiger partial charge in [-0.3, -0.25) is 14.3 Å². The maximum Gasteiger partial charge on any atom is 0.296 e. The van der Waals surface area contributed by atoms with Crippen LogP contribution in [0.1, 0.15) is 43.4 Å². The lowest BCUT2D eigenvalue weighted by Crippen LogP contribution is -2.29. The minimum absolute atomic E-state index is 0.119. The Bertz CT molecular complexity index is 1600. The van der Waals surface area contributed by atoms with E-state index in [4.69, 9.17) is 4.74 Å². The first-order chi connectivity index (χ1) is 18.6. The molecule has 0 aliphatic heterocycles. The second kappa shape index (κ2) is 11.9. The van der Waals surface area contributed by atoms with Gasteiger partial charge in [0.1, 0.15) is 5.82 Å². The standard InChI is InChI=1S/C30H33N3O5S/c1-20(2)12-17-27-32-29(34)28(30(35)33(27)26(19-38-4)23-9-6-5-7-10-23)39(36,37)24-15-13-22(14-16-24)25-11-8-18-31-21(25)3/h5-11,13-16,18,20,26,35H,12,17,19H2,1-4H3/t26-/m0/s1. The predicted molar refractivity (Wildman–Crippen MR) is 150 cm³/mol. The third-order valence-electron chi connectivity index (χ3n) is 6.65. The molecule has 0 saturated carbocycles. The van der Waals surface area contributed by atoms with Crippen molar-refractivity contribution in [3.8, 4) is 17.0 Å². The van der Waals surface area contributed by atoms with Crippen LogP contribution < -0.4 is 5.56 Å². The first-order valence-corrected chi connectivity index (χ1v) is 14.3. The van der Waals surface area contributed by atoms with Crippen LogP contribution in [0.25, 0.3) is 11.1 Å². The number of nitrogens with zero attached hydrogens (tertiary/aromatic N) is 3. The lowest BCUT2D eigenvalue weighted by Gasteiger charge is -2.26. The molecule has 2 aromatic heterocycles. The highest BCUT2D eigenvalue weighted by molar-refractivity contribution is 7.91. The zero-order valence-electron chi connectivity index (χ0n) is 22.5. The summed E-state index contributed by atoms with van der Waals surface area (Å²) in [5.41, 5.74) is 2.25. The summed E-state index contributed by atoms with van der Waals surface area (Å²) >= 11 is 0. The van der Waals surface area contributed by atoms with Gasteiger partial charge < -0.3 is 9.84 Å². The molecule has 4 aromatic rings. The van der Waals surface area contributed by atoms with Crippen molar-refractivity contribution in [1.29, 1.82) is 0 Å². The SMILES string of the molecule is COC[C@@H](c1ccccc1)n1c(CCC(C)C)nc(=O)c(S(=O)(=O)c2ccc(-c3cccnc3C)cc2)c1O. The van der Waals surface area contributed by atoms with Crippen molar-refractivity contribution in [3.05, 3.63) is 100 Å². The van der Waals surface area contributed by atoms with E-state index in [1.165, 1.54) is 23.8 Å². The van der Waals surface area contributed by atoms with Crippen molar-refractivity contribution in [1.82, 2.24) is 14.5 Å². The van der Waals surface area contributed by atoms with Gasteiger partial charge in [-0.05, 0) is 48.6 Å². The molecule has 2 aromatic carbocycles. The molecule has 1 N–H and O–H groups in total. The van der Waals surface area contributed by atoms with E-state index in [0.29, 0.717) is 24.6 Å². The molecule has 0 amide bonds. The summed E-state index contributed by atoms with van der Waals surface area (Å²) in [7, 11) is -2.89. The molecule has 2 heterocycles. The summed E-state index contributed by atoms with van der Waals surface area (Å²) in [4.78, 5) is 20.8. The fraction of sp³-hybridized carbons (Fsp3) is 0.300. The average molecular weight is 548 g/mol. The molecule has 204 valence electrons. The van der Waals surface area contributed by atoms with Crippen molar-refractivity contribution in [2.75, 3.05) is 13.7 Å². The Kier molecular flexibility index (Phi) is 8.62.